The van der Waals surface area contributed by atoms with Gasteiger partial charge < -0.3 is 9.47 Å². The molecular formula is C23H22N4. The molecule has 3 aromatic carbocycles. The van der Waals surface area contributed by atoms with Crippen LogP contribution in [0.2, 0.25) is 0 Å². The summed E-state index contributed by atoms with van der Waals surface area (Å²) in [5.74, 6) is 0.719. The van der Waals surface area contributed by atoms with Crippen LogP contribution in [0, 0.1) is 0 Å². The van der Waals surface area contributed by atoms with Crippen molar-refractivity contribution >= 4 is 28.9 Å². The summed E-state index contributed by atoms with van der Waals surface area (Å²) in [4.78, 5) is 11.5. The van der Waals surface area contributed by atoms with Crippen LogP contribution >= 0.6 is 0 Å². The maximum Gasteiger partial charge on any atom is 0.230 e. The first-order chi connectivity index (χ1) is 13.2. The molecule has 0 spiro atoms. The molecule has 0 N–H and O–H groups in total. The standard InChI is InChI=1S/C23H22N4/c1-26(2)20-14-12-18(13-15-20)16-24-23-25-21-10-6-7-11-22(21)27(23)17-19-8-4-3-5-9-19/h3-16H,17H2,1-2H3. The Bertz CT molecular complexity index is 1060. The normalized spacial score (nSPS) is 11.3. The summed E-state index contributed by atoms with van der Waals surface area (Å²) >= 11 is 0. The first-order valence-corrected chi connectivity index (χ1v) is 9.01. The van der Waals surface area contributed by atoms with E-state index < -0.39 is 0 Å². The van der Waals surface area contributed by atoms with Crippen molar-refractivity contribution < 1.29 is 0 Å². The Morgan fingerprint density at radius 2 is 1.59 bits per heavy atom. The van der Waals surface area contributed by atoms with E-state index in [2.05, 4.69) is 64.1 Å². The van der Waals surface area contributed by atoms with Gasteiger partial charge in [0, 0.05) is 26.0 Å². The summed E-state index contributed by atoms with van der Waals surface area (Å²) in [5.41, 5.74) is 5.51. The van der Waals surface area contributed by atoms with E-state index in [0.717, 1.165) is 29.1 Å². The monoisotopic (exact) mass is 354 g/mol. The Hall–Kier alpha value is -3.40. The van der Waals surface area contributed by atoms with Gasteiger partial charge in [-0.3, -0.25) is 0 Å². The van der Waals surface area contributed by atoms with Crippen LogP contribution in [-0.2, 0) is 6.54 Å². The van der Waals surface area contributed by atoms with Gasteiger partial charge >= 0.3 is 0 Å². The van der Waals surface area contributed by atoms with Gasteiger partial charge in [0.25, 0.3) is 0 Å². The molecular weight excluding hydrogens is 332 g/mol. The van der Waals surface area contributed by atoms with E-state index in [9.17, 15) is 0 Å². The van der Waals surface area contributed by atoms with Gasteiger partial charge in [0.2, 0.25) is 5.95 Å². The van der Waals surface area contributed by atoms with E-state index in [0.29, 0.717) is 0 Å². The van der Waals surface area contributed by atoms with E-state index in [4.69, 9.17) is 9.98 Å². The van der Waals surface area contributed by atoms with E-state index in [-0.39, 0.29) is 0 Å². The van der Waals surface area contributed by atoms with Crippen molar-refractivity contribution in [2.24, 2.45) is 4.99 Å². The molecule has 4 rings (SSSR count). The molecule has 4 aromatic rings. The summed E-state index contributed by atoms with van der Waals surface area (Å²) in [5, 5.41) is 0. The van der Waals surface area contributed by atoms with Gasteiger partial charge in [-0.05, 0) is 35.4 Å². The number of fused-ring (bicyclic) bond motifs is 1. The number of para-hydroxylation sites is 2. The molecule has 0 saturated carbocycles. The molecule has 0 aliphatic carbocycles. The summed E-state index contributed by atoms with van der Waals surface area (Å²) in [7, 11) is 4.07. The molecule has 1 aromatic heterocycles. The van der Waals surface area contributed by atoms with Gasteiger partial charge in [0.15, 0.2) is 0 Å². The molecule has 134 valence electrons. The molecule has 0 saturated heterocycles. The first-order valence-electron chi connectivity index (χ1n) is 9.01. The topological polar surface area (TPSA) is 33.4 Å². The van der Waals surface area contributed by atoms with E-state index in [1.54, 1.807) is 0 Å². The van der Waals surface area contributed by atoms with Gasteiger partial charge in [-0.1, -0.05) is 54.6 Å². The smallest absolute Gasteiger partial charge is 0.230 e. The largest absolute Gasteiger partial charge is 0.378 e. The SMILES string of the molecule is CN(C)c1ccc(C=Nc2nc3ccccc3n2Cc2ccccc2)cc1. The van der Waals surface area contributed by atoms with Gasteiger partial charge in [0.05, 0.1) is 17.6 Å². The highest BCUT2D eigenvalue weighted by Crippen LogP contribution is 2.23. The maximum absolute atomic E-state index is 4.73. The Balaban J connectivity index is 1.69. The molecule has 0 fully saturated rings. The van der Waals surface area contributed by atoms with Crippen LogP contribution in [0.5, 0.6) is 0 Å². The predicted octanol–water partition coefficient (Wildman–Crippen LogP) is 4.90. The Morgan fingerprint density at radius 3 is 2.33 bits per heavy atom. The fraction of sp³-hybridized carbons (Fsp3) is 0.130. The fourth-order valence-electron chi connectivity index (χ4n) is 3.07. The zero-order chi connectivity index (χ0) is 18.6. The van der Waals surface area contributed by atoms with Crippen molar-refractivity contribution in [3.63, 3.8) is 0 Å². The second-order valence-electron chi connectivity index (χ2n) is 6.72. The van der Waals surface area contributed by atoms with Gasteiger partial charge in [-0.15, -0.1) is 0 Å². The lowest BCUT2D eigenvalue weighted by molar-refractivity contribution is 0.827. The highest BCUT2D eigenvalue weighted by atomic mass is 15.2. The quantitative estimate of drug-likeness (QED) is 0.478. The predicted molar refractivity (Wildman–Crippen MR) is 113 cm³/mol. The van der Waals surface area contributed by atoms with Crippen LogP contribution in [0.1, 0.15) is 11.1 Å². The number of hydrogen-bond acceptors (Lipinski definition) is 3. The highest BCUT2D eigenvalue weighted by Gasteiger charge is 2.09. The molecule has 1 heterocycles. The summed E-state index contributed by atoms with van der Waals surface area (Å²) < 4.78 is 2.16. The minimum Gasteiger partial charge on any atom is -0.378 e. The van der Waals surface area contributed by atoms with Crippen molar-refractivity contribution in [3.05, 3.63) is 90.0 Å². The molecule has 0 amide bonds. The number of rotatable bonds is 5. The number of anilines is 1. The molecule has 0 bridgehead atoms. The maximum atomic E-state index is 4.73. The van der Waals surface area contributed by atoms with Gasteiger partial charge in [-0.2, -0.15) is 0 Å². The average molecular weight is 354 g/mol. The number of aromatic nitrogens is 2. The van der Waals surface area contributed by atoms with Crippen molar-refractivity contribution in [2.75, 3.05) is 19.0 Å². The lowest BCUT2D eigenvalue weighted by atomic mass is 10.2. The van der Waals surface area contributed by atoms with Crippen molar-refractivity contribution in [3.8, 4) is 0 Å². The van der Waals surface area contributed by atoms with Crippen molar-refractivity contribution in [1.82, 2.24) is 9.55 Å². The van der Waals surface area contributed by atoms with Crippen LogP contribution in [-0.4, -0.2) is 29.9 Å². The van der Waals surface area contributed by atoms with E-state index >= 15 is 0 Å². The van der Waals surface area contributed by atoms with Crippen LogP contribution in [0.3, 0.4) is 0 Å². The fourth-order valence-corrected chi connectivity index (χ4v) is 3.07. The average Bonchev–Trinajstić information content (AvgIpc) is 3.05. The number of nitrogens with zero attached hydrogens (tertiary/aromatic N) is 4. The Kier molecular flexibility index (Phi) is 4.71. The molecule has 0 aliphatic heterocycles. The second-order valence-corrected chi connectivity index (χ2v) is 6.72. The molecule has 27 heavy (non-hydrogen) atoms. The molecule has 4 heteroatoms. The minimum atomic E-state index is 0.719. The van der Waals surface area contributed by atoms with Gasteiger partial charge in [-0.25, -0.2) is 9.98 Å². The third kappa shape index (κ3) is 3.75. The molecule has 0 atom stereocenters. The van der Waals surface area contributed by atoms with Crippen LogP contribution < -0.4 is 4.90 Å². The summed E-state index contributed by atoms with van der Waals surface area (Å²) in [6, 6.07) is 26.9. The first kappa shape index (κ1) is 17.0. The highest BCUT2D eigenvalue weighted by molar-refractivity contribution is 5.84. The van der Waals surface area contributed by atoms with Crippen molar-refractivity contribution in [2.45, 2.75) is 6.54 Å². The lowest BCUT2D eigenvalue weighted by Gasteiger charge is -2.11. The third-order valence-corrected chi connectivity index (χ3v) is 4.56. The van der Waals surface area contributed by atoms with E-state index in [1.807, 2.05) is 44.6 Å². The molecule has 0 unspecified atom stereocenters. The summed E-state index contributed by atoms with van der Waals surface area (Å²) in [6.07, 6.45) is 1.88. The van der Waals surface area contributed by atoms with Crippen LogP contribution in [0.4, 0.5) is 11.6 Å². The third-order valence-electron chi connectivity index (χ3n) is 4.56. The zero-order valence-corrected chi connectivity index (χ0v) is 15.6. The van der Waals surface area contributed by atoms with Crippen LogP contribution in [0.15, 0.2) is 83.9 Å². The molecule has 4 nitrogen and oxygen atoms in total. The van der Waals surface area contributed by atoms with Crippen molar-refractivity contribution in [1.29, 1.82) is 0 Å². The zero-order valence-electron chi connectivity index (χ0n) is 15.6. The van der Waals surface area contributed by atoms with Gasteiger partial charge in [0.1, 0.15) is 0 Å². The summed E-state index contributed by atoms with van der Waals surface area (Å²) in [6.45, 7) is 0.744. The van der Waals surface area contributed by atoms with E-state index in [1.165, 1.54) is 11.3 Å². The number of hydrogen-bond donors (Lipinski definition) is 0. The Morgan fingerprint density at radius 1 is 0.889 bits per heavy atom. The number of aliphatic imine (C=N–C) groups is 1. The minimum absolute atomic E-state index is 0.719. The van der Waals surface area contributed by atoms with Crippen LogP contribution in [0.25, 0.3) is 11.0 Å². The molecule has 0 radical (unpaired) electrons. The molecule has 0 aliphatic rings. The number of imidazole rings is 1. The number of benzene rings is 3. The lowest BCUT2D eigenvalue weighted by Crippen LogP contribution is -2.08. The second kappa shape index (κ2) is 7.46. The Labute approximate surface area is 159 Å².